The number of halogens is 2. The Hall–Kier alpha value is -2.24. The van der Waals surface area contributed by atoms with Crippen molar-refractivity contribution in [3.8, 4) is 0 Å². The second kappa shape index (κ2) is 17.3. The van der Waals surface area contributed by atoms with Gasteiger partial charge in [0.05, 0.1) is 5.60 Å². The van der Waals surface area contributed by atoms with Gasteiger partial charge in [0.25, 0.3) is 0 Å². The van der Waals surface area contributed by atoms with E-state index in [1.807, 2.05) is 0 Å². The molecule has 0 amide bonds. The van der Waals surface area contributed by atoms with E-state index in [-0.39, 0.29) is 5.60 Å². The van der Waals surface area contributed by atoms with Crippen molar-refractivity contribution in [2.75, 3.05) is 6.61 Å². The molecule has 0 aliphatic heterocycles. The molecule has 1 aromatic heterocycles. The fourth-order valence-corrected chi connectivity index (χ4v) is 14.7. The first-order valence-electron chi connectivity index (χ1n) is 19.3. The molecule has 0 aliphatic carbocycles. The average Bonchev–Trinajstić information content (AvgIpc) is 3.76. The zero-order valence-corrected chi connectivity index (χ0v) is 38.6. The standard InChI is InChI=1S/C46H55NOSi2.2ClH.Zr/c1-46(2,3)48-29-19-8-9-20-30-50(7,42-31-35(33-49(4,5)6)36-23-13-14-24-37(36)42)45-39-26-16-15-25-38(39)44-43(45)40-27-17-18-28-41(40)47(44)32-34-21-11-10-12-22-34;;;/h10-18,21-28,31H,8-9,19-20,29-30,32-33H2,1-7H3;2*1H;/q-2;;;+4/p-2. The van der Waals surface area contributed by atoms with E-state index in [0.29, 0.717) is 0 Å². The molecule has 7 heteroatoms. The summed E-state index contributed by atoms with van der Waals surface area (Å²) in [5.74, 6) is 0. The van der Waals surface area contributed by atoms with Crippen molar-refractivity contribution in [2.24, 2.45) is 0 Å². The predicted molar refractivity (Wildman–Crippen MR) is 236 cm³/mol. The zero-order valence-electron chi connectivity index (χ0n) is 32.7. The van der Waals surface area contributed by atoms with Crippen LogP contribution in [0.4, 0.5) is 0 Å². The van der Waals surface area contributed by atoms with Crippen LogP contribution in [0.25, 0.3) is 43.4 Å². The fraction of sp³-hybridized carbons (Fsp3) is 0.348. The van der Waals surface area contributed by atoms with Crippen molar-refractivity contribution in [3.63, 3.8) is 0 Å². The molecule has 0 aliphatic rings. The van der Waals surface area contributed by atoms with Gasteiger partial charge in [-0.1, -0.05) is 146 Å². The van der Waals surface area contributed by atoms with Crippen molar-refractivity contribution in [1.82, 2.24) is 4.57 Å². The van der Waals surface area contributed by atoms with E-state index >= 15 is 0 Å². The number of hydrogen-bond donors (Lipinski definition) is 0. The summed E-state index contributed by atoms with van der Waals surface area (Å²) in [7, 11) is 6.20. The summed E-state index contributed by atoms with van der Waals surface area (Å²) in [4.78, 5) is 0. The monoisotopic (exact) mass is 853 g/mol. The molecular formula is C46H55Cl2NOSi2Zr. The first kappa shape index (κ1) is 40.4. The van der Waals surface area contributed by atoms with Gasteiger partial charge < -0.3 is 9.30 Å². The van der Waals surface area contributed by atoms with Crippen LogP contribution in [0.5, 0.6) is 0 Å². The fourth-order valence-electron chi connectivity index (χ4n) is 8.59. The Balaban J connectivity index is 0.00000155. The molecule has 1 unspecified atom stereocenters. The Morgan fingerprint density at radius 1 is 0.698 bits per heavy atom. The van der Waals surface area contributed by atoms with Crippen LogP contribution in [0.3, 0.4) is 0 Å². The van der Waals surface area contributed by atoms with Crippen LogP contribution in [-0.4, -0.2) is 32.9 Å². The quantitative estimate of drug-likeness (QED) is 0.0640. The summed E-state index contributed by atoms with van der Waals surface area (Å²) in [6.07, 6.45) is 4.83. The summed E-state index contributed by atoms with van der Waals surface area (Å²) in [6, 6.07) is 44.1. The SMILES string of the molecule is CC(C)(C)OCCCCCC[Si](C)([c-]1cc(C[Si](C)(C)C)c2ccccc21)[c-]1c2ccccc2c2c1c1ccccc1n2Cc1ccccc1.[Cl][Zr+2][Cl]. The molecule has 7 rings (SSSR count). The van der Waals surface area contributed by atoms with E-state index in [0.717, 1.165) is 19.6 Å². The van der Waals surface area contributed by atoms with Gasteiger partial charge in [0.2, 0.25) is 0 Å². The van der Waals surface area contributed by atoms with Gasteiger partial charge in [0.1, 0.15) is 0 Å². The van der Waals surface area contributed by atoms with Crippen LogP contribution in [0.15, 0.2) is 109 Å². The van der Waals surface area contributed by atoms with Crippen molar-refractivity contribution in [2.45, 2.75) is 96.9 Å². The van der Waals surface area contributed by atoms with Gasteiger partial charge in [-0.15, -0.1) is 56.9 Å². The molecule has 276 valence electrons. The van der Waals surface area contributed by atoms with E-state index in [1.54, 1.807) is 15.9 Å². The van der Waals surface area contributed by atoms with Gasteiger partial charge in [0.15, 0.2) is 0 Å². The maximum absolute atomic E-state index is 6.09. The number of hydrogen-bond acceptors (Lipinski definition) is 1. The minimum atomic E-state index is -2.32. The third-order valence-corrected chi connectivity index (χ3v) is 16.7. The number of benzene rings is 4. The summed E-state index contributed by atoms with van der Waals surface area (Å²) in [6.45, 7) is 18.5. The third kappa shape index (κ3) is 9.09. The molecule has 0 radical (unpaired) electrons. The van der Waals surface area contributed by atoms with Crippen LogP contribution in [0, 0.1) is 0 Å². The normalized spacial score (nSPS) is 13.4. The Morgan fingerprint density at radius 3 is 1.96 bits per heavy atom. The first-order valence-corrected chi connectivity index (χ1v) is 32.0. The van der Waals surface area contributed by atoms with Crippen molar-refractivity contribution < 1.29 is 25.6 Å². The third-order valence-electron chi connectivity index (χ3n) is 10.7. The molecule has 7 aromatic rings. The number of rotatable bonds is 13. The van der Waals surface area contributed by atoms with E-state index in [9.17, 15) is 0 Å². The van der Waals surface area contributed by atoms with E-state index < -0.39 is 37.0 Å². The molecule has 1 atom stereocenters. The Bertz CT molecular complexity index is 2270. The molecule has 0 fully saturated rings. The van der Waals surface area contributed by atoms with Crippen LogP contribution in [0.1, 0.15) is 57.6 Å². The van der Waals surface area contributed by atoms with Gasteiger partial charge in [-0.2, -0.15) is 5.56 Å². The number of nitrogens with zero attached hydrogens (tertiary/aromatic N) is 1. The summed E-state index contributed by atoms with van der Waals surface area (Å²) in [5.41, 5.74) is 5.61. The number of aromatic nitrogens is 1. The van der Waals surface area contributed by atoms with Crippen LogP contribution in [-0.2, 0) is 38.2 Å². The molecule has 0 N–H and O–H groups in total. The van der Waals surface area contributed by atoms with E-state index in [2.05, 4.69) is 161 Å². The second-order valence-electron chi connectivity index (χ2n) is 17.1. The topological polar surface area (TPSA) is 14.2 Å². The van der Waals surface area contributed by atoms with E-state index in [1.165, 1.54) is 80.3 Å². The van der Waals surface area contributed by atoms with E-state index in [4.69, 9.17) is 21.8 Å². The molecule has 1 heterocycles. The number of unbranched alkanes of at least 4 members (excludes halogenated alkanes) is 3. The minimum absolute atomic E-state index is 0.0676. The molecule has 0 spiro atoms. The van der Waals surface area contributed by atoms with Crippen molar-refractivity contribution >= 4 is 86.9 Å². The number of para-hydroxylation sites is 1. The number of fused-ring (bicyclic) bond motifs is 6. The van der Waals surface area contributed by atoms with Gasteiger partial charge in [-0.25, -0.2) is 0 Å². The molecule has 53 heavy (non-hydrogen) atoms. The van der Waals surface area contributed by atoms with Crippen LogP contribution in [0.2, 0.25) is 32.2 Å². The number of ether oxygens (including phenoxy) is 1. The van der Waals surface area contributed by atoms with Gasteiger partial charge in [-0.3, -0.25) is 0 Å². The molecule has 0 saturated carbocycles. The van der Waals surface area contributed by atoms with Crippen molar-refractivity contribution in [1.29, 1.82) is 0 Å². The maximum atomic E-state index is 6.09. The Morgan fingerprint density at radius 2 is 1.28 bits per heavy atom. The summed E-state index contributed by atoms with van der Waals surface area (Å²) >= 11 is -0.826. The molecule has 0 bridgehead atoms. The molecule has 0 saturated heterocycles. The van der Waals surface area contributed by atoms with Gasteiger partial charge >= 0.3 is 37.9 Å². The zero-order chi connectivity index (χ0) is 37.8. The summed E-state index contributed by atoms with van der Waals surface area (Å²) in [5, 5.41) is 12.1. The Kier molecular flexibility index (Phi) is 13.2. The van der Waals surface area contributed by atoms with Crippen LogP contribution < -0.4 is 10.4 Å². The summed E-state index contributed by atoms with van der Waals surface area (Å²) < 4.78 is 8.71. The first-order chi connectivity index (χ1) is 25.4. The van der Waals surface area contributed by atoms with Gasteiger partial charge in [-0.05, 0) is 44.3 Å². The van der Waals surface area contributed by atoms with Gasteiger partial charge in [0, 0.05) is 34.8 Å². The van der Waals surface area contributed by atoms with Crippen LogP contribution >= 0.6 is 17.0 Å². The second-order valence-corrected chi connectivity index (χ2v) is 30.5. The molecule has 2 nitrogen and oxygen atoms in total. The molecular weight excluding hydrogens is 801 g/mol. The van der Waals surface area contributed by atoms with Crippen molar-refractivity contribution in [3.05, 3.63) is 120 Å². The Labute approximate surface area is 338 Å². The average molecular weight is 856 g/mol. The predicted octanol–water partition coefficient (Wildman–Crippen LogP) is 13.0. The molecule has 6 aromatic carbocycles.